The van der Waals surface area contributed by atoms with E-state index in [-0.39, 0.29) is 6.61 Å². The Morgan fingerprint density at radius 2 is 1.81 bits per heavy atom. The highest BCUT2D eigenvalue weighted by Crippen LogP contribution is 2.32. The lowest BCUT2D eigenvalue weighted by molar-refractivity contribution is -0.458. The summed E-state index contributed by atoms with van der Waals surface area (Å²) in [5.74, 6) is -1.96. The molecule has 0 radical (unpaired) electrons. The first-order chi connectivity index (χ1) is 10.0. The fourth-order valence-electron chi connectivity index (χ4n) is 2.22. The number of aliphatic hydroxyl groups excluding tert-OH is 4. The first-order valence-electron chi connectivity index (χ1n) is 6.60. The Hall–Kier alpha value is -1.06. The summed E-state index contributed by atoms with van der Waals surface area (Å²) < 4.78 is 15.9. The summed E-state index contributed by atoms with van der Waals surface area (Å²) in [4.78, 5) is 0. The van der Waals surface area contributed by atoms with Crippen LogP contribution in [0.4, 0.5) is 0 Å². The Kier molecular flexibility index (Phi) is 5.28. The maximum absolute atomic E-state index is 10.1. The Morgan fingerprint density at radius 1 is 1.14 bits per heavy atom. The zero-order valence-corrected chi connectivity index (χ0v) is 11.6. The van der Waals surface area contributed by atoms with Crippen molar-refractivity contribution < 1.29 is 34.6 Å². The second-order valence-corrected chi connectivity index (χ2v) is 4.85. The van der Waals surface area contributed by atoms with E-state index in [1.807, 2.05) is 30.3 Å². The van der Waals surface area contributed by atoms with Crippen molar-refractivity contribution in [3.05, 3.63) is 35.9 Å². The van der Waals surface area contributed by atoms with Crippen molar-refractivity contribution in [1.29, 1.82) is 0 Å². The molecule has 2 rings (SSSR count). The molecule has 1 heterocycles. The van der Waals surface area contributed by atoms with Crippen LogP contribution in [-0.2, 0) is 20.8 Å². The molecule has 1 aromatic rings. The average molecular weight is 300 g/mol. The Bertz CT molecular complexity index is 438. The van der Waals surface area contributed by atoms with Gasteiger partial charge in [-0.1, -0.05) is 30.3 Å². The van der Waals surface area contributed by atoms with Crippen molar-refractivity contribution >= 4 is 0 Å². The zero-order chi connectivity index (χ0) is 15.5. The minimum Gasteiger partial charge on any atom is -0.394 e. The molecule has 0 amide bonds. The van der Waals surface area contributed by atoms with Crippen molar-refractivity contribution in [3.63, 3.8) is 0 Å². The second-order valence-electron chi connectivity index (χ2n) is 4.85. The molecular weight excluding hydrogens is 280 g/mol. The highest BCUT2D eigenvalue weighted by atomic mass is 16.9. The summed E-state index contributed by atoms with van der Waals surface area (Å²) in [6.45, 7) is -0.489. The van der Waals surface area contributed by atoms with E-state index in [4.69, 9.17) is 14.2 Å². The highest BCUT2D eigenvalue weighted by molar-refractivity contribution is 5.13. The number of benzene rings is 1. The van der Waals surface area contributed by atoms with Gasteiger partial charge < -0.3 is 34.6 Å². The minimum atomic E-state index is -1.96. The molecule has 7 heteroatoms. The van der Waals surface area contributed by atoms with E-state index in [1.54, 1.807) is 0 Å². The van der Waals surface area contributed by atoms with Gasteiger partial charge >= 0.3 is 5.97 Å². The predicted molar refractivity (Wildman–Crippen MR) is 71.0 cm³/mol. The molecule has 5 atom stereocenters. The van der Waals surface area contributed by atoms with Crippen LogP contribution in [0.25, 0.3) is 0 Å². The van der Waals surface area contributed by atoms with E-state index < -0.39 is 37.0 Å². The Balaban J connectivity index is 2.14. The third-order valence-corrected chi connectivity index (χ3v) is 3.48. The van der Waals surface area contributed by atoms with Gasteiger partial charge in [-0.15, -0.1) is 0 Å². The summed E-state index contributed by atoms with van der Waals surface area (Å²) in [6, 6.07) is 9.13. The van der Waals surface area contributed by atoms with Gasteiger partial charge in [0.2, 0.25) is 0 Å². The number of hydrogen-bond acceptors (Lipinski definition) is 7. The first kappa shape index (κ1) is 16.3. The molecule has 0 aromatic heterocycles. The third-order valence-electron chi connectivity index (χ3n) is 3.48. The van der Waals surface area contributed by atoms with Gasteiger partial charge in [-0.25, -0.2) is 0 Å². The monoisotopic (exact) mass is 300 g/mol. The van der Waals surface area contributed by atoms with Gasteiger partial charge in [-0.05, 0) is 5.56 Å². The maximum atomic E-state index is 10.1. The van der Waals surface area contributed by atoms with Crippen molar-refractivity contribution in [2.24, 2.45) is 0 Å². The van der Waals surface area contributed by atoms with Crippen LogP contribution in [-0.4, -0.2) is 64.5 Å². The summed E-state index contributed by atoms with van der Waals surface area (Å²) in [5.41, 5.74) is 0.811. The van der Waals surface area contributed by atoms with Crippen LogP contribution in [0.1, 0.15) is 5.56 Å². The molecule has 4 N–H and O–H groups in total. The molecule has 1 aromatic carbocycles. The minimum absolute atomic E-state index is 0.0622. The second kappa shape index (κ2) is 6.80. The maximum Gasteiger partial charge on any atom is 0.313 e. The lowest BCUT2D eigenvalue weighted by Crippen LogP contribution is -2.66. The lowest BCUT2D eigenvalue weighted by atomic mass is 9.97. The molecular formula is C14H20O7. The van der Waals surface area contributed by atoms with Gasteiger partial charge in [0.05, 0.1) is 13.2 Å². The van der Waals surface area contributed by atoms with Gasteiger partial charge in [0, 0.05) is 7.11 Å². The fraction of sp³-hybridized carbons (Fsp3) is 0.571. The number of hydrogen-bond donors (Lipinski definition) is 4. The van der Waals surface area contributed by atoms with E-state index in [9.17, 15) is 20.4 Å². The smallest absolute Gasteiger partial charge is 0.313 e. The van der Waals surface area contributed by atoms with Crippen molar-refractivity contribution in [2.45, 2.75) is 37.0 Å². The third kappa shape index (κ3) is 3.24. The molecule has 118 valence electrons. The van der Waals surface area contributed by atoms with Gasteiger partial charge in [0.25, 0.3) is 0 Å². The normalized spacial score (nSPS) is 36.6. The van der Waals surface area contributed by atoms with Crippen molar-refractivity contribution in [2.75, 3.05) is 13.7 Å². The van der Waals surface area contributed by atoms with Gasteiger partial charge in [-0.2, -0.15) is 0 Å². The number of methoxy groups -OCH3 is 1. The molecule has 0 bridgehead atoms. The molecule has 1 fully saturated rings. The molecule has 1 saturated heterocycles. The zero-order valence-electron chi connectivity index (χ0n) is 11.6. The Morgan fingerprint density at radius 3 is 2.38 bits per heavy atom. The fourth-order valence-corrected chi connectivity index (χ4v) is 2.22. The molecule has 21 heavy (non-hydrogen) atoms. The lowest BCUT2D eigenvalue weighted by Gasteiger charge is -2.46. The highest BCUT2D eigenvalue weighted by Gasteiger charge is 2.55. The van der Waals surface area contributed by atoms with Crippen LogP contribution < -0.4 is 0 Å². The molecule has 1 aliphatic rings. The molecule has 0 spiro atoms. The van der Waals surface area contributed by atoms with Crippen LogP contribution in [0.5, 0.6) is 0 Å². The predicted octanol–water partition coefficient (Wildman–Crippen LogP) is -1.02. The molecule has 0 aliphatic carbocycles. The molecule has 0 saturated carbocycles. The van der Waals surface area contributed by atoms with Crippen LogP contribution >= 0.6 is 0 Å². The van der Waals surface area contributed by atoms with Gasteiger partial charge in [0.1, 0.15) is 18.3 Å². The van der Waals surface area contributed by atoms with E-state index in [1.165, 1.54) is 7.11 Å². The largest absolute Gasteiger partial charge is 0.394 e. The van der Waals surface area contributed by atoms with Gasteiger partial charge in [-0.3, -0.25) is 0 Å². The van der Waals surface area contributed by atoms with E-state index >= 15 is 0 Å². The van der Waals surface area contributed by atoms with E-state index in [0.29, 0.717) is 0 Å². The molecule has 0 unspecified atom stereocenters. The summed E-state index contributed by atoms with van der Waals surface area (Å²) in [5, 5.41) is 38.8. The summed E-state index contributed by atoms with van der Waals surface area (Å²) >= 11 is 0. The van der Waals surface area contributed by atoms with Crippen LogP contribution in [0.3, 0.4) is 0 Å². The number of aliphatic hydroxyl groups is 4. The molecule has 1 aliphatic heterocycles. The van der Waals surface area contributed by atoms with E-state index in [2.05, 4.69) is 0 Å². The molecule has 7 nitrogen and oxygen atoms in total. The van der Waals surface area contributed by atoms with Gasteiger partial charge in [0.15, 0.2) is 6.10 Å². The summed E-state index contributed by atoms with van der Waals surface area (Å²) in [7, 11) is 1.24. The summed E-state index contributed by atoms with van der Waals surface area (Å²) in [6.07, 6.45) is -5.75. The Labute approximate surface area is 122 Å². The van der Waals surface area contributed by atoms with Crippen LogP contribution in [0, 0.1) is 0 Å². The first-order valence-corrected chi connectivity index (χ1v) is 6.60. The number of rotatable bonds is 5. The average Bonchev–Trinajstić information content (AvgIpc) is 2.53. The standard InChI is InChI=1S/C14H20O7/c1-19-14(20-8-9-5-3-2-4-6-9)13(18)12(17)11(16)10(7-15)21-14/h2-6,10-13,15-18H,7-8H2,1H3/t10-,11-,12+,13-,14-/m1/s1. The van der Waals surface area contributed by atoms with Crippen LogP contribution in [0.15, 0.2) is 30.3 Å². The topological polar surface area (TPSA) is 109 Å². The SMILES string of the molecule is CO[C@]1(OCc2ccccc2)O[C@H](CO)[C@@H](O)[C@H](O)[C@H]1O. The van der Waals surface area contributed by atoms with E-state index in [0.717, 1.165) is 5.56 Å². The van der Waals surface area contributed by atoms with Crippen LogP contribution in [0.2, 0.25) is 0 Å². The van der Waals surface area contributed by atoms with Crippen molar-refractivity contribution in [3.8, 4) is 0 Å². The van der Waals surface area contributed by atoms with Crippen molar-refractivity contribution in [1.82, 2.24) is 0 Å². The number of ether oxygens (including phenoxy) is 3. The quantitative estimate of drug-likeness (QED) is 0.515.